The van der Waals surface area contributed by atoms with Crippen molar-refractivity contribution in [2.24, 2.45) is 0 Å². The molecule has 98 valence electrons. The number of hydrogen-bond acceptors (Lipinski definition) is 3. The lowest BCUT2D eigenvalue weighted by Gasteiger charge is -2.06. The van der Waals surface area contributed by atoms with Crippen molar-refractivity contribution in [1.82, 2.24) is 0 Å². The van der Waals surface area contributed by atoms with Gasteiger partial charge in [0.1, 0.15) is 10.7 Å². The van der Waals surface area contributed by atoms with Crippen LogP contribution in [-0.2, 0) is 0 Å². The highest BCUT2D eigenvalue weighted by Crippen LogP contribution is 2.25. The molecular weight excluding hydrogens is 293 g/mol. The molecule has 0 saturated carbocycles. The van der Waals surface area contributed by atoms with Crippen LogP contribution in [0.15, 0.2) is 29.6 Å². The summed E-state index contributed by atoms with van der Waals surface area (Å²) in [6, 6.07) is 5.29. The van der Waals surface area contributed by atoms with E-state index in [1.54, 1.807) is 0 Å². The Morgan fingerprint density at radius 1 is 1.32 bits per heavy atom. The molecule has 0 atom stereocenters. The molecule has 0 aliphatic carbocycles. The molecule has 7 heteroatoms. The minimum absolute atomic E-state index is 0.000811. The van der Waals surface area contributed by atoms with Gasteiger partial charge in [0, 0.05) is 0 Å². The van der Waals surface area contributed by atoms with E-state index in [0.717, 1.165) is 17.4 Å². The molecule has 0 saturated heterocycles. The molecule has 0 unspecified atom stereocenters. The van der Waals surface area contributed by atoms with Crippen LogP contribution < -0.4 is 5.32 Å². The first-order valence-electron chi connectivity index (χ1n) is 5.07. The second-order valence-electron chi connectivity index (χ2n) is 3.52. The first kappa shape index (κ1) is 13.5. The average molecular weight is 300 g/mol. The number of aromatic carboxylic acids is 1. The molecule has 2 aromatic rings. The van der Waals surface area contributed by atoms with Gasteiger partial charge >= 0.3 is 5.97 Å². The highest BCUT2D eigenvalue weighted by atomic mass is 35.5. The number of carboxylic acid groups (broad SMARTS) is 1. The highest BCUT2D eigenvalue weighted by molar-refractivity contribution is 7.12. The molecule has 4 nitrogen and oxygen atoms in total. The van der Waals surface area contributed by atoms with Crippen LogP contribution in [0, 0.1) is 5.82 Å². The molecule has 2 rings (SSSR count). The van der Waals surface area contributed by atoms with Crippen molar-refractivity contribution in [3.05, 3.63) is 50.9 Å². The monoisotopic (exact) mass is 299 g/mol. The van der Waals surface area contributed by atoms with Crippen LogP contribution in [0.3, 0.4) is 0 Å². The third kappa shape index (κ3) is 2.74. The number of nitrogens with one attached hydrogen (secondary N) is 1. The molecule has 0 aliphatic rings. The van der Waals surface area contributed by atoms with Crippen molar-refractivity contribution >= 4 is 40.5 Å². The van der Waals surface area contributed by atoms with Crippen molar-refractivity contribution in [2.45, 2.75) is 0 Å². The zero-order valence-electron chi connectivity index (χ0n) is 9.31. The highest BCUT2D eigenvalue weighted by Gasteiger charge is 2.17. The van der Waals surface area contributed by atoms with Gasteiger partial charge in [-0.1, -0.05) is 17.7 Å². The maximum atomic E-state index is 13.2. The molecule has 0 bridgehead atoms. The molecule has 1 heterocycles. The second kappa shape index (κ2) is 5.38. The van der Waals surface area contributed by atoms with Crippen LogP contribution in [0.5, 0.6) is 0 Å². The predicted octanol–water partition coefficient (Wildman–Crippen LogP) is 3.49. The quantitative estimate of drug-likeness (QED) is 0.911. The lowest BCUT2D eigenvalue weighted by atomic mass is 10.2. The zero-order valence-corrected chi connectivity index (χ0v) is 10.9. The van der Waals surface area contributed by atoms with Gasteiger partial charge in [-0.05, 0) is 23.6 Å². The van der Waals surface area contributed by atoms with Gasteiger partial charge in [0.05, 0.1) is 16.3 Å². The molecule has 0 spiro atoms. The third-order valence-corrected chi connectivity index (χ3v) is 3.59. The molecule has 0 radical (unpaired) electrons. The number of anilines is 1. The SMILES string of the molecule is O=C(Nc1ccsc1C(=O)O)c1cccc(F)c1Cl. The summed E-state index contributed by atoms with van der Waals surface area (Å²) in [6.07, 6.45) is 0. The summed E-state index contributed by atoms with van der Waals surface area (Å²) in [5.74, 6) is -2.51. The molecule has 1 aromatic carbocycles. The first-order chi connectivity index (χ1) is 9.00. The zero-order chi connectivity index (χ0) is 14.0. The van der Waals surface area contributed by atoms with Gasteiger partial charge in [-0.2, -0.15) is 0 Å². The van der Waals surface area contributed by atoms with Gasteiger partial charge in [0.2, 0.25) is 0 Å². The first-order valence-corrected chi connectivity index (χ1v) is 6.32. The van der Waals surface area contributed by atoms with Crippen LogP contribution >= 0.6 is 22.9 Å². The van der Waals surface area contributed by atoms with E-state index in [-0.39, 0.29) is 21.2 Å². The molecule has 0 fully saturated rings. The van der Waals surface area contributed by atoms with Crippen molar-refractivity contribution in [3.63, 3.8) is 0 Å². The number of amides is 1. The third-order valence-electron chi connectivity index (χ3n) is 2.30. The summed E-state index contributed by atoms with van der Waals surface area (Å²) in [5, 5.41) is 12.5. The summed E-state index contributed by atoms with van der Waals surface area (Å²) in [5.41, 5.74) is 0.104. The predicted molar refractivity (Wildman–Crippen MR) is 70.6 cm³/mol. The maximum absolute atomic E-state index is 13.2. The van der Waals surface area contributed by atoms with Gasteiger partial charge in [-0.3, -0.25) is 4.79 Å². The average Bonchev–Trinajstić information content (AvgIpc) is 2.80. The van der Waals surface area contributed by atoms with E-state index in [9.17, 15) is 14.0 Å². The smallest absolute Gasteiger partial charge is 0.348 e. The maximum Gasteiger partial charge on any atom is 0.348 e. The fraction of sp³-hybridized carbons (Fsp3) is 0. The molecule has 1 amide bonds. The minimum atomic E-state index is -1.14. The van der Waals surface area contributed by atoms with Gasteiger partial charge in [-0.25, -0.2) is 9.18 Å². The van der Waals surface area contributed by atoms with Crippen molar-refractivity contribution in [2.75, 3.05) is 5.32 Å². The van der Waals surface area contributed by atoms with Gasteiger partial charge in [-0.15, -0.1) is 11.3 Å². The topological polar surface area (TPSA) is 66.4 Å². The van der Waals surface area contributed by atoms with Gasteiger partial charge < -0.3 is 10.4 Å². The number of thiophene rings is 1. The Morgan fingerprint density at radius 3 is 2.74 bits per heavy atom. The molecule has 2 N–H and O–H groups in total. The summed E-state index contributed by atoms with van der Waals surface area (Å²) >= 11 is 6.66. The van der Waals surface area contributed by atoms with E-state index in [1.807, 2.05) is 0 Å². The summed E-state index contributed by atoms with van der Waals surface area (Å²) in [4.78, 5) is 22.8. The van der Waals surface area contributed by atoms with Crippen molar-refractivity contribution in [1.29, 1.82) is 0 Å². The van der Waals surface area contributed by atoms with E-state index < -0.39 is 17.7 Å². The molecule has 19 heavy (non-hydrogen) atoms. The Bertz CT molecular complexity index is 656. The van der Waals surface area contributed by atoms with Crippen LogP contribution in [0.4, 0.5) is 10.1 Å². The lowest BCUT2D eigenvalue weighted by Crippen LogP contribution is -2.14. The largest absolute Gasteiger partial charge is 0.477 e. The van der Waals surface area contributed by atoms with Crippen LogP contribution in [0.1, 0.15) is 20.0 Å². The van der Waals surface area contributed by atoms with E-state index in [0.29, 0.717) is 0 Å². The Balaban J connectivity index is 2.29. The number of rotatable bonds is 3. The van der Waals surface area contributed by atoms with Crippen LogP contribution in [0.25, 0.3) is 0 Å². The van der Waals surface area contributed by atoms with E-state index in [2.05, 4.69) is 5.32 Å². The van der Waals surface area contributed by atoms with E-state index in [1.165, 1.54) is 23.6 Å². The number of benzene rings is 1. The summed E-state index contributed by atoms with van der Waals surface area (Å²) in [7, 11) is 0. The number of hydrogen-bond donors (Lipinski definition) is 2. The van der Waals surface area contributed by atoms with E-state index >= 15 is 0 Å². The Morgan fingerprint density at radius 2 is 2.05 bits per heavy atom. The minimum Gasteiger partial charge on any atom is -0.477 e. The number of carboxylic acids is 1. The fourth-order valence-corrected chi connectivity index (χ4v) is 2.34. The van der Waals surface area contributed by atoms with E-state index in [4.69, 9.17) is 16.7 Å². The number of carbonyl (C=O) groups is 2. The molecular formula is C12H7ClFNO3S. The summed E-state index contributed by atoms with van der Waals surface area (Å²) < 4.78 is 13.2. The van der Waals surface area contributed by atoms with Crippen LogP contribution in [-0.4, -0.2) is 17.0 Å². The Labute approximate surface area is 116 Å². The molecule has 0 aliphatic heterocycles. The second-order valence-corrected chi connectivity index (χ2v) is 4.82. The van der Waals surface area contributed by atoms with Crippen molar-refractivity contribution in [3.8, 4) is 0 Å². The van der Waals surface area contributed by atoms with Crippen LogP contribution in [0.2, 0.25) is 5.02 Å². The molecule has 1 aromatic heterocycles. The number of carbonyl (C=O) groups excluding carboxylic acids is 1. The van der Waals surface area contributed by atoms with Gasteiger partial charge in [0.15, 0.2) is 0 Å². The fourth-order valence-electron chi connectivity index (χ4n) is 1.44. The lowest BCUT2D eigenvalue weighted by molar-refractivity contribution is 0.0703. The van der Waals surface area contributed by atoms with Gasteiger partial charge in [0.25, 0.3) is 5.91 Å². The standard InChI is InChI=1S/C12H7ClFNO3S/c13-9-6(2-1-3-7(9)14)11(16)15-8-4-5-19-10(8)12(17)18/h1-5H,(H,15,16)(H,17,18). The number of halogens is 2. The summed E-state index contributed by atoms with van der Waals surface area (Å²) in [6.45, 7) is 0. The normalized spacial score (nSPS) is 10.2. The Hall–Kier alpha value is -1.92. The van der Waals surface area contributed by atoms with Crippen molar-refractivity contribution < 1.29 is 19.1 Å². The Kier molecular flexibility index (Phi) is 3.82.